The van der Waals surface area contributed by atoms with Crippen LogP contribution < -0.4 is 20.4 Å². The highest BCUT2D eigenvalue weighted by Crippen LogP contribution is 2.34. The highest BCUT2D eigenvalue weighted by molar-refractivity contribution is 7.85. The van der Waals surface area contributed by atoms with E-state index >= 15 is 0 Å². The van der Waals surface area contributed by atoms with Gasteiger partial charge in [0.05, 0.1) is 0 Å². The number of benzene rings is 1. The number of hydrogen-bond acceptors (Lipinski definition) is 9. The third-order valence-corrected chi connectivity index (χ3v) is 9.40. The SMILES string of the molecule is O=C(CCCC1CCN(c2cc(N3CCC[C@H]3C(=O)NCCc3ccc(-c4ccncc4)cc3)nc(C(F)(F)F)n2)CC1)NCS(=O)(=O)O. The Kier molecular flexibility index (Phi) is 11.7. The van der Waals surface area contributed by atoms with Crippen LogP contribution in [0.5, 0.6) is 0 Å². The minimum Gasteiger partial charge on any atom is -0.356 e. The summed E-state index contributed by atoms with van der Waals surface area (Å²) in [5.74, 6) is -2.37. The second-order valence-electron chi connectivity index (χ2n) is 12.4. The number of alkyl halides is 3. The Morgan fingerprint density at radius 2 is 1.59 bits per heavy atom. The summed E-state index contributed by atoms with van der Waals surface area (Å²) < 4.78 is 72.2. The fourth-order valence-corrected chi connectivity index (χ4v) is 6.63. The molecule has 5 rings (SSSR count). The van der Waals surface area contributed by atoms with Crippen molar-refractivity contribution in [2.75, 3.05) is 41.9 Å². The molecule has 2 saturated heterocycles. The number of halogens is 3. The van der Waals surface area contributed by atoms with Crippen molar-refractivity contribution >= 4 is 33.6 Å². The maximum absolute atomic E-state index is 14.0. The average Bonchev–Trinajstić information content (AvgIpc) is 3.58. The van der Waals surface area contributed by atoms with Crippen LogP contribution in [0.3, 0.4) is 0 Å². The zero-order valence-electron chi connectivity index (χ0n) is 26.9. The Morgan fingerprint density at radius 1 is 0.918 bits per heavy atom. The molecule has 1 atom stereocenters. The first kappa shape index (κ1) is 36.0. The van der Waals surface area contributed by atoms with Gasteiger partial charge in [-0.1, -0.05) is 24.3 Å². The van der Waals surface area contributed by atoms with E-state index in [4.69, 9.17) is 4.55 Å². The summed E-state index contributed by atoms with van der Waals surface area (Å²) in [6, 6.07) is 12.8. The zero-order chi connectivity index (χ0) is 35.0. The standard InChI is InChI=1S/C33H40F3N7O5S/c34-33(35,36)32-40-28(42-19-13-23(14-20-42)3-1-5-30(44)39-22-49(46,47)48)21-29(41-32)43-18-2-4-27(43)31(45)38-17-10-24-6-8-25(9-7-24)26-11-15-37-16-12-26/h6-9,11-12,15-16,21,23,27H,1-5,10,13-14,17-20,22H2,(H,38,45)(H,39,44)(H,46,47,48)/t27-/m0/s1. The molecule has 3 aromatic rings. The Morgan fingerprint density at radius 3 is 2.27 bits per heavy atom. The van der Waals surface area contributed by atoms with E-state index < -0.39 is 39.9 Å². The van der Waals surface area contributed by atoms with Gasteiger partial charge in [-0.05, 0) is 79.7 Å². The highest BCUT2D eigenvalue weighted by atomic mass is 32.2. The highest BCUT2D eigenvalue weighted by Gasteiger charge is 2.39. The molecule has 0 unspecified atom stereocenters. The van der Waals surface area contributed by atoms with Gasteiger partial charge in [0.25, 0.3) is 10.1 Å². The number of nitrogens with zero attached hydrogens (tertiary/aromatic N) is 5. The van der Waals surface area contributed by atoms with E-state index in [-0.39, 0.29) is 29.9 Å². The molecule has 2 aliphatic rings. The minimum absolute atomic E-state index is 0.0692. The van der Waals surface area contributed by atoms with Gasteiger partial charge in [0.2, 0.25) is 17.6 Å². The third kappa shape index (κ3) is 10.3. The lowest BCUT2D eigenvalue weighted by molar-refractivity contribution is -0.144. The van der Waals surface area contributed by atoms with E-state index in [0.717, 1.165) is 16.7 Å². The van der Waals surface area contributed by atoms with E-state index in [1.165, 1.54) is 6.07 Å². The summed E-state index contributed by atoms with van der Waals surface area (Å²) in [7, 11) is -4.29. The Balaban J connectivity index is 1.16. The lowest BCUT2D eigenvalue weighted by atomic mass is 9.91. The molecule has 0 saturated carbocycles. The van der Waals surface area contributed by atoms with Crippen LogP contribution in [0.15, 0.2) is 54.9 Å². The van der Waals surface area contributed by atoms with Crippen LogP contribution in [0, 0.1) is 5.92 Å². The number of carbonyl (C=O) groups excluding carboxylic acids is 2. The number of nitrogens with one attached hydrogen (secondary N) is 2. The van der Waals surface area contributed by atoms with Gasteiger partial charge in [0, 0.05) is 51.1 Å². The van der Waals surface area contributed by atoms with Gasteiger partial charge < -0.3 is 20.4 Å². The van der Waals surface area contributed by atoms with Crippen LogP contribution in [0.2, 0.25) is 0 Å². The molecule has 2 amide bonds. The van der Waals surface area contributed by atoms with Crippen LogP contribution in [0.1, 0.15) is 56.3 Å². The van der Waals surface area contributed by atoms with Crippen molar-refractivity contribution < 1.29 is 35.7 Å². The molecule has 2 aromatic heterocycles. The van der Waals surface area contributed by atoms with Crippen molar-refractivity contribution in [3.05, 3.63) is 66.2 Å². The average molecular weight is 704 g/mol. The van der Waals surface area contributed by atoms with E-state index in [1.807, 2.05) is 36.4 Å². The summed E-state index contributed by atoms with van der Waals surface area (Å²) >= 11 is 0. The van der Waals surface area contributed by atoms with Gasteiger partial charge in [-0.3, -0.25) is 19.1 Å². The third-order valence-electron chi connectivity index (χ3n) is 8.89. The number of anilines is 2. The number of hydrogen-bond donors (Lipinski definition) is 3. The monoisotopic (exact) mass is 703 g/mol. The Hall–Kier alpha value is -4.31. The lowest BCUT2D eigenvalue weighted by Gasteiger charge is -2.34. The zero-order valence-corrected chi connectivity index (χ0v) is 27.7. The normalized spacial score (nSPS) is 17.3. The van der Waals surface area contributed by atoms with E-state index in [0.29, 0.717) is 71.1 Å². The largest absolute Gasteiger partial charge is 0.451 e. The first-order chi connectivity index (χ1) is 23.4. The maximum atomic E-state index is 14.0. The molecular formula is C33H40F3N7O5S. The number of carbonyl (C=O) groups is 2. The molecular weight excluding hydrogens is 663 g/mol. The van der Waals surface area contributed by atoms with Crippen LogP contribution >= 0.6 is 0 Å². The number of rotatable bonds is 13. The fraction of sp³-hybridized carbons (Fsp3) is 0.485. The predicted octanol–water partition coefficient (Wildman–Crippen LogP) is 4.23. The molecule has 4 heterocycles. The van der Waals surface area contributed by atoms with Gasteiger partial charge in [-0.25, -0.2) is 9.97 Å². The first-order valence-electron chi connectivity index (χ1n) is 16.3. The molecule has 0 radical (unpaired) electrons. The molecule has 0 aliphatic carbocycles. The summed E-state index contributed by atoms with van der Waals surface area (Å²) in [5, 5.41) is 5.10. The van der Waals surface area contributed by atoms with Crippen molar-refractivity contribution in [3.63, 3.8) is 0 Å². The maximum Gasteiger partial charge on any atom is 0.451 e. The first-order valence-corrected chi connectivity index (χ1v) is 17.9. The molecule has 0 bridgehead atoms. The van der Waals surface area contributed by atoms with Gasteiger partial charge in [-0.2, -0.15) is 21.6 Å². The molecule has 2 aliphatic heterocycles. The number of piperidine rings is 1. The molecule has 0 spiro atoms. The van der Waals surface area contributed by atoms with Crippen molar-refractivity contribution in [1.82, 2.24) is 25.6 Å². The number of pyridine rings is 1. The summed E-state index contributed by atoms with van der Waals surface area (Å²) in [4.78, 5) is 40.3. The van der Waals surface area contributed by atoms with Crippen molar-refractivity contribution in [2.45, 2.75) is 63.6 Å². The van der Waals surface area contributed by atoms with Crippen LogP contribution in [-0.4, -0.2) is 77.8 Å². The van der Waals surface area contributed by atoms with Crippen LogP contribution in [-0.2, 0) is 32.3 Å². The van der Waals surface area contributed by atoms with Crippen molar-refractivity contribution in [3.8, 4) is 11.1 Å². The Bertz CT molecular complexity index is 1690. The summed E-state index contributed by atoms with van der Waals surface area (Å²) in [5.41, 5.74) is 3.16. The van der Waals surface area contributed by atoms with E-state index in [1.54, 1.807) is 22.2 Å². The fourth-order valence-electron chi connectivity index (χ4n) is 6.29. The van der Waals surface area contributed by atoms with Crippen LogP contribution in [0.25, 0.3) is 11.1 Å². The molecule has 16 heteroatoms. The summed E-state index contributed by atoms with van der Waals surface area (Å²) in [6.45, 7) is 1.69. The van der Waals surface area contributed by atoms with Crippen molar-refractivity contribution in [1.29, 1.82) is 0 Å². The molecule has 49 heavy (non-hydrogen) atoms. The van der Waals surface area contributed by atoms with Gasteiger partial charge in [0.1, 0.15) is 23.6 Å². The minimum atomic E-state index is -4.77. The molecule has 1 aromatic carbocycles. The molecule has 3 N–H and O–H groups in total. The second-order valence-corrected chi connectivity index (χ2v) is 13.8. The smallest absolute Gasteiger partial charge is 0.356 e. The summed E-state index contributed by atoms with van der Waals surface area (Å²) in [6.07, 6.45) is 3.07. The van der Waals surface area contributed by atoms with E-state index in [2.05, 4.69) is 25.6 Å². The number of amides is 2. The molecule has 264 valence electrons. The molecule has 12 nitrogen and oxygen atoms in total. The topological polar surface area (TPSA) is 158 Å². The quantitative estimate of drug-likeness (QED) is 0.220. The predicted molar refractivity (Wildman–Crippen MR) is 177 cm³/mol. The molecule has 2 fully saturated rings. The lowest BCUT2D eigenvalue weighted by Crippen LogP contribution is -2.44. The van der Waals surface area contributed by atoms with Crippen LogP contribution in [0.4, 0.5) is 24.8 Å². The van der Waals surface area contributed by atoms with E-state index in [9.17, 15) is 31.2 Å². The van der Waals surface area contributed by atoms with Gasteiger partial charge in [0.15, 0.2) is 0 Å². The second kappa shape index (κ2) is 15.9. The number of aromatic nitrogens is 3. The van der Waals surface area contributed by atoms with Crippen molar-refractivity contribution in [2.24, 2.45) is 5.92 Å². The Labute approximate surface area is 283 Å². The van der Waals surface area contributed by atoms with Gasteiger partial charge >= 0.3 is 6.18 Å². The van der Waals surface area contributed by atoms with Gasteiger partial charge in [-0.15, -0.1) is 0 Å².